The number of fused-ring (bicyclic) bond motifs is 1. The first-order valence-electron chi connectivity index (χ1n) is 12.0. The third-order valence-electron chi connectivity index (χ3n) is 6.57. The molecule has 8 nitrogen and oxygen atoms in total. The van der Waals surface area contributed by atoms with Gasteiger partial charge in [0, 0.05) is 36.0 Å². The summed E-state index contributed by atoms with van der Waals surface area (Å²) in [7, 11) is 0. The van der Waals surface area contributed by atoms with Crippen molar-refractivity contribution in [3.8, 4) is 11.3 Å². The molecule has 1 aliphatic carbocycles. The predicted molar refractivity (Wildman–Crippen MR) is 127 cm³/mol. The van der Waals surface area contributed by atoms with Crippen LogP contribution in [0.2, 0.25) is 0 Å². The Labute approximate surface area is 201 Å². The second-order valence-corrected chi connectivity index (χ2v) is 9.74. The molecule has 35 heavy (non-hydrogen) atoms. The van der Waals surface area contributed by atoms with Gasteiger partial charge in [-0.25, -0.2) is 18.4 Å². The van der Waals surface area contributed by atoms with E-state index in [2.05, 4.69) is 21.3 Å². The van der Waals surface area contributed by atoms with Gasteiger partial charge in [0.25, 0.3) is 0 Å². The number of nitrogens with zero attached hydrogens (tertiary/aromatic N) is 7. The number of morpholine rings is 1. The van der Waals surface area contributed by atoms with Gasteiger partial charge in [-0.15, -0.1) is 0 Å². The second kappa shape index (κ2) is 8.37. The monoisotopic (exact) mass is 479 g/mol. The molecule has 6 rings (SSSR count). The molecule has 10 heteroatoms. The third kappa shape index (κ3) is 4.05. The van der Waals surface area contributed by atoms with Crippen molar-refractivity contribution in [2.45, 2.75) is 57.9 Å². The fourth-order valence-corrected chi connectivity index (χ4v) is 4.68. The third-order valence-corrected chi connectivity index (χ3v) is 6.57. The maximum absolute atomic E-state index is 14.9. The summed E-state index contributed by atoms with van der Waals surface area (Å²) in [5, 5.41) is 9.62. The summed E-state index contributed by atoms with van der Waals surface area (Å²) in [5.74, 6) is -0.839. The molecule has 4 aromatic rings. The van der Waals surface area contributed by atoms with Crippen molar-refractivity contribution in [1.82, 2.24) is 29.5 Å². The van der Waals surface area contributed by atoms with E-state index in [0.717, 1.165) is 24.5 Å². The second-order valence-electron chi connectivity index (χ2n) is 9.74. The van der Waals surface area contributed by atoms with Crippen LogP contribution in [0.5, 0.6) is 0 Å². The van der Waals surface area contributed by atoms with Crippen LogP contribution in [0.1, 0.15) is 57.4 Å². The van der Waals surface area contributed by atoms with Crippen LogP contribution in [0.15, 0.2) is 36.8 Å². The van der Waals surface area contributed by atoms with Gasteiger partial charge < -0.3 is 9.64 Å². The number of hydrogen-bond acceptors (Lipinski definition) is 6. The smallest absolute Gasteiger partial charge is 0.228 e. The fraction of sp³-hybridized carbons (Fsp3) is 0.440. The molecule has 1 saturated carbocycles. The van der Waals surface area contributed by atoms with Crippen LogP contribution in [0.4, 0.5) is 14.7 Å². The van der Waals surface area contributed by atoms with Gasteiger partial charge in [0.05, 0.1) is 42.2 Å². The van der Waals surface area contributed by atoms with E-state index in [4.69, 9.17) is 14.7 Å². The zero-order valence-electron chi connectivity index (χ0n) is 19.9. The van der Waals surface area contributed by atoms with E-state index < -0.39 is 11.6 Å². The molecule has 182 valence electrons. The SMILES string of the molecule is CC(C)n1ncc2c(-c3ccc(F)cc3F)nc(N3C[C@H](C)O[C@@H](c4cnn(C5CC5)c4)C3)nc21. The van der Waals surface area contributed by atoms with E-state index in [1.54, 1.807) is 10.9 Å². The van der Waals surface area contributed by atoms with E-state index >= 15 is 0 Å². The molecule has 2 fully saturated rings. The van der Waals surface area contributed by atoms with E-state index in [1.165, 1.54) is 12.1 Å². The average Bonchev–Trinajstić information content (AvgIpc) is 3.38. The highest BCUT2D eigenvalue weighted by atomic mass is 19.1. The molecule has 1 aromatic carbocycles. The zero-order valence-corrected chi connectivity index (χ0v) is 19.9. The van der Waals surface area contributed by atoms with Crippen LogP contribution < -0.4 is 4.90 Å². The first-order valence-corrected chi connectivity index (χ1v) is 12.0. The van der Waals surface area contributed by atoms with Crippen LogP contribution in [0.25, 0.3) is 22.3 Å². The standard InChI is InChI=1S/C25H27F2N7O/c1-14(2)34-24-20(10-29-34)23(19-7-4-17(26)8-21(19)27)30-25(31-24)32-11-15(3)35-22(13-32)16-9-28-33(12-16)18-5-6-18/h4,7-10,12,14-15,18,22H,5-6,11,13H2,1-3H3/t15-,22+/m0/s1. The van der Waals surface area contributed by atoms with Gasteiger partial charge in [-0.05, 0) is 45.7 Å². The Hall–Kier alpha value is -3.40. The number of anilines is 1. The van der Waals surface area contributed by atoms with Crippen LogP contribution in [0, 0.1) is 11.6 Å². The Morgan fingerprint density at radius 1 is 1.06 bits per heavy atom. The van der Waals surface area contributed by atoms with E-state index in [0.29, 0.717) is 41.8 Å². The van der Waals surface area contributed by atoms with Crippen molar-refractivity contribution in [2.75, 3.05) is 18.0 Å². The highest BCUT2D eigenvalue weighted by Gasteiger charge is 2.32. The molecule has 3 aromatic heterocycles. The quantitative estimate of drug-likeness (QED) is 0.407. The van der Waals surface area contributed by atoms with Crippen molar-refractivity contribution in [1.29, 1.82) is 0 Å². The lowest BCUT2D eigenvalue weighted by molar-refractivity contribution is -0.0178. The maximum atomic E-state index is 14.9. The zero-order chi connectivity index (χ0) is 24.3. The highest BCUT2D eigenvalue weighted by molar-refractivity contribution is 5.91. The molecular formula is C25H27F2N7O. The summed E-state index contributed by atoms with van der Waals surface area (Å²) in [6, 6.07) is 4.07. The normalized spacial score (nSPS) is 20.8. The largest absolute Gasteiger partial charge is 0.367 e. The van der Waals surface area contributed by atoms with Crippen molar-refractivity contribution in [3.05, 3.63) is 54.0 Å². The Morgan fingerprint density at radius 2 is 1.89 bits per heavy atom. The number of ether oxygens (including phenoxy) is 1. The van der Waals surface area contributed by atoms with Crippen molar-refractivity contribution in [3.63, 3.8) is 0 Å². The lowest BCUT2D eigenvalue weighted by atomic mass is 10.1. The molecule has 2 atom stereocenters. The lowest BCUT2D eigenvalue weighted by Gasteiger charge is -2.36. The first kappa shape index (κ1) is 22.1. The molecule has 1 saturated heterocycles. The minimum Gasteiger partial charge on any atom is -0.367 e. The van der Waals surface area contributed by atoms with Crippen LogP contribution in [-0.4, -0.2) is 48.7 Å². The summed E-state index contributed by atoms with van der Waals surface area (Å²) < 4.78 is 38.6. The average molecular weight is 480 g/mol. The van der Waals surface area contributed by atoms with Gasteiger partial charge in [0.15, 0.2) is 5.65 Å². The Bertz CT molecular complexity index is 1390. The molecular weight excluding hydrogens is 452 g/mol. The number of hydrogen-bond donors (Lipinski definition) is 0. The minimum atomic E-state index is -0.672. The summed E-state index contributed by atoms with van der Waals surface area (Å²) >= 11 is 0. The minimum absolute atomic E-state index is 0.0470. The van der Waals surface area contributed by atoms with E-state index in [9.17, 15) is 8.78 Å². The van der Waals surface area contributed by atoms with Crippen LogP contribution in [0.3, 0.4) is 0 Å². The fourth-order valence-electron chi connectivity index (χ4n) is 4.68. The molecule has 4 heterocycles. The molecule has 0 unspecified atom stereocenters. The van der Waals surface area contributed by atoms with E-state index in [-0.39, 0.29) is 23.8 Å². The Balaban J connectivity index is 1.43. The molecule has 0 spiro atoms. The number of halogens is 2. The molecule has 0 radical (unpaired) electrons. The summed E-state index contributed by atoms with van der Waals surface area (Å²) in [6.45, 7) is 7.16. The van der Waals surface area contributed by atoms with Crippen molar-refractivity contribution >= 4 is 17.0 Å². The molecule has 0 N–H and O–H groups in total. The summed E-state index contributed by atoms with van der Waals surface area (Å²) in [6.07, 6.45) is 7.65. The van der Waals surface area contributed by atoms with E-state index in [1.807, 2.05) is 31.6 Å². The van der Waals surface area contributed by atoms with Gasteiger partial charge in [-0.2, -0.15) is 15.2 Å². The molecule has 1 aliphatic heterocycles. The van der Waals surface area contributed by atoms with Crippen LogP contribution >= 0.6 is 0 Å². The number of rotatable bonds is 5. The first-order chi connectivity index (χ1) is 16.9. The van der Waals surface area contributed by atoms with Crippen LogP contribution in [-0.2, 0) is 4.74 Å². The molecule has 2 aliphatic rings. The number of aromatic nitrogens is 6. The Kier molecular flexibility index (Phi) is 5.28. The van der Waals surface area contributed by atoms with Crippen molar-refractivity contribution in [2.24, 2.45) is 0 Å². The van der Waals surface area contributed by atoms with Gasteiger partial charge >= 0.3 is 0 Å². The highest BCUT2D eigenvalue weighted by Crippen LogP contribution is 2.36. The number of benzene rings is 1. The predicted octanol–water partition coefficient (Wildman–Crippen LogP) is 4.85. The topological polar surface area (TPSA) is 73.9 Å². The van der Waals surface area contributed by atoms with Crippen molar-refractivity contribution < 1.29 is 13.5 Å². The van der Waals surface area contributed by atoms with Gasteiger partial charge in [0.1, 0.15) is 17.7 Å². The molecule has 0 bridgehead atoms. The summed E-state index contributed by atoms with van der Waals surface area (Å²) in [5.41, 5.74) is 2.24. The molecule has 0 amide bonds. The maximum Gasteiger partial charge on any atom is 0.228 e. The Morgan fingerprint density at radius 3 is 2.63 bits per heavy atom. The van der Waals surface area contributed by atoms with Gasteiger partial charge in [-0.3, -0.25) is 4.68 Å². The van der Waals surface area contributed by atoms with Gasteiger partial charge in [-0.1, -0.05) is 0 Å². The lowest BCUT2D eigenvalue weighted by Crippen LogP contribution is -2.43. The van der Waals surface area contributed by atoms with Gasteiger partial charge in [0.2, 0.25) is 5.95 Å². The summed E-state index contributed by atoms with van der Waals surface area (Å²) in [4.78, 5) is 11.7.